The zero-order valence-corrected chi connectivity index (χ0v) is 8.50. The van der Waals surface area contributed by atoms with Crippen molar-refractivity contribution < 1.29 is 0 Å². The fourth-order valence-corrected chi connectivity index (χ4v) is 1.97. The van der Waals surface area contributed by atoms with Crippen LogP contribution >= 0.6 is 0 Å². The molecule has 0 unspecified atom stereocenters. The molecule has 0 saturated carbocycles. The van der Waals surface area contributed by atoms with Crippen LogP contribution in [0, 0.1) is 0 Å². The summed E-state index contributed by atoms with van der Waals surface area (Å²) < 4.78 is 0. The van der Waals surface area contributed by atoms with Crippen LogP contribution in [0.25, 0.3) is 5.57 Å². The van der Waals surface area contributed by atoms with Gasteiger partial charge in [0.25, 0.3) is 0 Å². The van der Waals surface area contributed by atoms with Crippen LogP contribution in [0.15, 0.2) is 30.3 Å². The van der Waals surface area contributed by atoms with E-state index in [0.717, 1.165) is 5.69 Å². The van der Waals surface area contributed by atoms with Crippen LogP contribution in [-0.4, -0.2) is 0 Å². The van der Waals surface area contributed by atoms with E-state index in [0.29, 0.717) is 0 Å². The van der Waals surface area contributed by atoms with E-state index in [9.17, 15) is 0 Å². The van der Waals surface area contributed by atoms with Gasteiger partial charge in [0.05, 0.1) is 0 Å². The maximum Gasteiger partial charge on any atom is 0.0314 e. The normalized spacial score (nSPS) is 17.3. The summed E-state index contributed by atoms with van der Waals surface area (Å²) in [5, 5.41) is 0. The van der Waals surface area contributed by atoms with Gasteiger partial charge in [0.1, 0.15) is 0 Å². The smallest absolute Gasteiger partial charge is 0.0314 e. The number of hydrogen-bond donors (Lipinski definition) is 1. The van der Waals surface area contributed by atoms with Gasteiger partial charge < -0.3 is 5.73 Å². The molecule has 1 aromatic carbocycles. The van der Waals surface area contributed by atoms with Crippen molar-refractivity contribution in [1.29, 1.82) is 0 Å². The Labute approximate surface area is 85.6 Å². The van der Waals surface area contributed by atoms with Crippen molar-refractivity contribution in [3.05, 3.63) is 35.9 Å². The monoisotopic (exact) mass is 187 g/mol. The molecular formula is C13H17N. The second-order valence-electron chi connectivity index (χ2n) is 3.95. The Morgan fingerprint density at radius 3 is 2.50 bits per heavy atom. The number of allylic oxidation sites excluding steroid dienone is 2. The molecule has 1 nitrogen and oxygen atoms in total. The molecule has 1 aliphatic rings. The van der Waals surface area contributed by atoms with E-state index in [2.05, 4.69) is 18.2 Å². The lowest BCUT2D eigenvalue weighted by atomic mass is 10.0. The largest absolute Gasteiger partial charge is 0.399 e. The van der Waals surface area contributed by atoms with Crippen molar-refractivity contribution in [2.75, 3.05) is 5.73 Å². The third kappa shape index (κ3) is 2.16. The fourth-order valence-electron chi connectivity index (χ4n) is 1.97. The van der Waals surface area contributed by atoms with E-state index in [4.69, 9.17) is 5.73 Å². The van der Waals surface area contributed by atoms with Gasteiger partial charge in [-0.1, -0.05) is 24.6 Å². The minimum atomic E-state index is 0.850. The molecule has 1 aromatic rings. The van der Waals surface area contributed by atoms with Crippen molar-refractivity contribution in [3.8, 4) is 0 Å². The van der Waals surface area contributed by atoms with Crippen LogP contribution in [0.4, 0.5) is 5.69 Å². The van der Waals surface area contributed by atoms with Gasteiger partial charge in [0.2, 0.25) is 0 Å². The quantitative estimate of drug-likeness (QED) is 0.668. The molecule has 0 aromatic heterocycles. The lowest BCUT2D eigenvalue weighted by Gasteiger charge is -2.05. The number of rotatable bonds is 1. The standard InChI is InChI=1S/C13H17N/c14-13-9-7-12(8-10-13)11-5-3-1-2-4-6-11/h5,7-10H,1-4,6,14H2. The van der Waals surface area contributed by atoms with Gasteiger partial charge in [-0.3, -0.25) is 0 Å². The highest BCUT2D eigenvalue weighted by atomic mass is 14.5. The Morgan fingerprint density at radius 1 is 0.929 bits per heavy atom. The summed E-state index contributed by atoms with van der Waals surface area (Å²) in [6.07, 6.45) is 8.89. The molecule has 0 radical (unpaired) electrons. The van der Waals surface area contributed by atoms with Gasteiger partial charge in [-0.05, 0) is 49.0 Å². The number of anilines is 1. The highest BCUT2D eigenvalue weighted by molar-refractivity contribution is 5.67. The molecule has 0 spiro atoms. The summed E-state index contributed by atoms with van der Waals surface area (Å²) in [5.41, 5.74) is 9.37. The highest BCUT2D eigenvalue weighted by Crippen LogP contribution is 2.26. The van der Waals surface area contributed by atoms with Crippen LogP contribution in [-0.2, 0) is 0 Å². The molecule has 74 valence electrons. The molecule has 0 aliphatic heterocycles. The summed E-state index contributed by atoms with van der Waals surface area (Å²) in [5.74, 6) is 0. The van der Waals surface area contributed by atoms with Crippen LogP contribution in [0.3, 0.4) is 0 Å². The number of benzene rings is 1. The SMILES string of the molecule is Nc1ccc(C2=CCCCCC2)cc1. The van der Waals surface area contributed by atoms with E-state index < -0.39 is 0 Å². The number of nitrogens with two attached hydrogens (primary N) is 1. The first-order valence-electron chi connectivity index (χ1n) is 5.41. The van der Waals surface area contributed by atoms with E-state index in [1.165, 1.54) is 43.2 Å². The summed E-state index contributed by atoms with van der Waals surface area (Å²) in [7, 11) is 0. The predicted octanol–water partition coefficient (Wildman–Crippen LogP) is 3.62. The molecule has 0 fully saturated rings. The maximum atomic E-state index is 5.67. The fraction of sp³-hybridized carbons (Fsp3) is 0.385. The molecule has 2 rings (SSSR count). The molecule has 0 atom stereocenters. The lowest BCUT2D eigenvalue weighted by Crippen LogP contribution is -1.87. The summed E-state index contributed by atoms with van der Waals surface area (Å²) >= 11 is 0. The Hall–Kier alpha value is -1.24. The Balaban J connectivity index is 2.20. The Kier molecular flexibility index (Phi) is 2.87. The number of nitrogen functional groups attached to an aromatic ring is 1. The minimum absolute atomic E-state index is 0.850. The van der Waals surface area contributed by atoms with Crippen molar-refractivity contribution in [2.45, 2.75) is 32.1 Å². The Morgan fingerprint density at radius 2 is 1.71 bits per heavy atom. The van der Waals surface area contributed by atoms with Gasteiger partial charge in [0, 0.05) is 5.69 Å². The van der Waals surface area contributed by atoms with Crippen LogP contribution < -0.4 is 5.73 Å². The molecule has 2 N–H and O–H groups in total. The minimum Gasteiger partial charge on any atom is -0.399 e. The van der Waals surface area contributed by atoms with Gasteiger partial charge >= 0.3 is 0 Å². The van der Waals surface area contributed by atoms with E-state index >= 15 is 0 Å². The van der Waals surface area contributed by atoms with Crippen molar-refractivity contribution in [2.24, 2.45) is 0 Å². The van der Waals surface area contributed by atoms with Crippen LogP contribution in [0.5, 0.6) is 0 Å². The first-order valence-corrected chi connectivity index (χ1v) is 5.41. The summed E-state index contributed by atoms with van der Waals surface area (Å²) in [6.45, 7) is 0. The van der Waals surface area contributed by atoms with Crippen LogP contribution in [0.2, 0.25) is 0 Å². The molecule has 0 saturated heterocycles. The van der Waals surface area contributed by atoms with E-state index in [1.807, 2.05) is 12.1 Å². The van der Waals surface area contributed by atoms with Crippen molar-refractivity contribution in [1.82, 2.24) is 0 Å². The molecule has 1 heteroatoms. The van der Waals surface area contributed by atoms with Gasteiger partial charge in [0.15, 0.2) is 0 Å². The number of hydrogen-bond acceptors (Lipinski definition) is 1. The average Bonchev–Trinajstić information content (AvgIpc) is 2.47. The van der Waals surface area contributed by atoms with Gasteiger partial charge in [-0.25, -0.2) is 0 Å². The Bertz CT molecular complexity index is 322. The molecule has 0 bridgehead atoms. The second kappa shape index (κ2) is 4.32. The predicted molar refractivity (Wildman–Crippen MR) is 61.9 cm³/mol. The zero-order chi connectivity index (χ0) is 9.80. The van der Waals surface area contributed by atoms with E-state index in [1.54, 1.807) is 0 Å². The van der Waals surface area contributed by atoms with Crippen LogP contribution in [0.1, 0.15) is 37.7 Å². The molecule has 14 heavy (non-hydrogen) atoms. The van der Waals surface area contributed by atoms with Crippen molar-refractivity contribution >= 4 is 11.3 Å². The third-order valence-electron chi connectivity index (χ3n) is 2.82. The summed E-state index contributed by atoms with van der Waals surface area (Å²) in [4.78, 5) is 0. The molecule has 1 aliphatic carbocycles. The molecular weight excluding hydrogens is 170 g/mol. The average molecular weight is 187 g/mol. The zero-order valence-electron chi connectivity index (χ0n) is 8.50. The maximum absolute atomic E-state index is 5.67. The second-order valence-corrected chi connectivity index (χ2v) is 3.95. The molecule has 0 amide bonds. The lowest BCUT2D eigenvalue weighted by molar-refractivity contribution is 0.720. The van der Waals surface area contributed by atoms with E-state index in [-0.39, 0.29) is 0 Å². The molecule has 0 heterocycles. The first-order chi connectivity index (χ1) is 6.86. The van der Waals surface area contributed by atoms with Gasteiger partial charge in [-0.15, -0.1) is 0 Å². The first kappa shape index (κ1) is 9.32. The topological polar surface area (TPSA) is 26.0 Å². The van der Waals surface area contributed by atoms with Crippen molar-refractivity contribution in [3.63, 3.8) is 0 Å². The van der Waals surface area contributed by atoms with Gasteiger partial charge in [-0.2, -0.15) is 0 Å². The highest BCUT2D eigenvalue weighted by Gasteiger charge is 2.04. The summed E-state index contributed by atoms with van der Waals surface area (Å²) in [6, 6.07) is 8.24. The third-order valence-corrected chi connectivity index (χ3v) is 2.82.